The van der Waals surface area contributed by atoms with Gasteiger partial charge < -0.3 is 0 Å². The quantitative estimate of drug-likeness (QED) is 0.663. The topological polar surface area (TPSA) is 93.0 Å². The largest absolute Gasteiger partial charge is 0.273 e. The van der Waals surface area contributed by atoms with E-state index in [0.717, 1.165) is 29.8 Å². The molecule has 2 aliphatic carbocycles. The molecule has 2 aromatic heterocycles. The van der Waals surface area contributed by atoms with E-state index >= 15 is 0 Å². The van der Waals surface area contributed by atoms with Crippen molar-refractivity contribution >= 4 is 11.6 Å². The van der Waals surface area contributed by atoms with Crippen molar-refractivity contribution in [2.75, 3.05) is 0 Å². The number of hydrogen-bond donors (Lipinski definition) is 1. The Morgan fingerprint density at radius 2 is 1.88 bits per heavy atom. The van der Waals surface area contributed by atoms with Crippen molar-refractivity contribution in [2.45, 2.75) is 44.4 Å². The van der Waals surface area contributed by atoms with Crippen LogP contribution in [0.25, 0.3) is 11.3 Å². The molecular weight excluding hydrogens is 426 g/mol. The fourth-order valence-electron chi connectivity index (χ4n) is 5.98. The molecule has 0 unspecified atom stereocenters. The van der Waals surface area contributed by atoms with Crippen molar-refractivity contribution in [2.24, 2.45) is 10.5 Å². The van der Waals surface area contributed by atoms with E-state index in [1.54, 1.807) is 18.5 Å². The standard InChI is InChI=1S/C24H20F2N6O/c1-23(2)13-6-7-24(23,19-11-27-10-18(28-19)16-9-20(33)31-29-16)22-12(13)8-17(30-32-22)21-14(25)4-3-5-15(21)26/h3-5,8,10-11,13H,6-7,9H2,1-2H3,(H,31,33)/t13-,24-/m0/s1. The number of rotatable bonds is 3. The third-order valence-electron chi connectivity index (χ3n) is 7.61. The molecule has 1 saturated carbocycles. The molecule has 2 bridgehead atoms. The van der Waals surface area contributed by atoms with Gasteiger partial charge >= 0.3 is 0 Å². The minimum Gasteiger partial charge on any atom is -0.273 e. The number of carbonyl (C=O) groups excluding carboxylic acids is 1. The molecule has 9 heteroatoms. The van der Waals surface area contributed by atoms with Crippen LogP contribution >= 0.6 is 0 Å². The highest BCUT2D eigenvalue weighted by Gasteiger charge is 2.65. The van der Waals surface area contributed by atoms with Crippen molar-refractivity contribution in [3.05, 3.63) is 70.9 Å². The second kappa shape index (κ2) is 6.69. The van der Waals surface area contributed by atoms with Crippen LogP contribution in [0.5, 0.6) is 0 Å². The summed E-state index contributed by atoms with van der Waals surface area (Å²) in [5, 5.41) is 12.9. The first kappa shape index (κ1) is 20.0. The average Bonchev–Trinajstić information content (AvgIpc) is 3.40. The van der Waals surface area contributed by atoms with Crippen LogP contribution in [0.3, 0.4) is 0 Å². The fraction of sp³-hybridized carbons (Fsp3) is 0.333. The van der Waals surface area contributed by atoms with Crippen LogP contribution in [0, 0.1) is 17.0 Å². The van der Waals surface area contributed by atoms with Crippen molar-refractivity contribution in [1.82, 2.24) is 25.6 Å². The van der Waals surface area contributed by atoms with Crippen LogP contribution in [0.15, 0.2) is 41.8 Å². The second-order valence-electron chi connectivity index (χ2n) is 9.41. The van der Waals surface area contributed by atoms with Crippen molar-refractivity contribution in [1.29, 1.82) is 0 Å². The number of fused-ring (bicyclic) bond motifs is 5. The Bertz CT molecular complexity index is 1350. The van der Waals surface area contributed by atoms with E-state index in [9.17, 15) is 13.6 Å². The summed E-state index contributed by atoms with van der Waals surface area (Å²) in [7, 11) is 0. The molecule has 1 aliphatic heterocycles. The maximum atomic E-state index is 14.4. The molecule has 3 heterocycles. The van der Waals surface area contributed by atoms with Crippen LogP contribution < -0.4 is 5.43 Å². The van der Waals surface area contributed by atoms with Gasteiger partial charge in [0.25, 0.3) is 0 Å². The summed E-state index contributed by atoms with van der Waals surface area (Å²) in [6, 6.07) is 5.55. The van der Waals surface area contributed by atoms with Gasteiger partial charge in [-0.05, 0) is 47.9 Å². The number of halogens is 2. The normalized spacial score (nSPS) is 24.5. The van der Waals surface area contributed by atoms with Gasteiger partial charge in [-0.3, -0.25) is 9.78 Å². The number of carbonyl (C=O) groups is 1. The predicted octanol–water partition coefficient (Wildman–Crippen LogP) is 3.64. The van der Waals surface area contributed by atoms with Gasteiger partial charge in [0, 0.05) is 6.20 Å². The lowest BCUT2D eigenvalue weighted by atomic mass is 9.66. The van der Waals surface area contributed by atoms with Gasteiger partial charge in [0.05, 0.1) is 46.4 Å². The zero-order chi connectivity index (χ0) is 23.0. The van der Waals surface area contributed by atoms with Crippen LogP contribution in [-0.2, 0) is 10.2 Å². The number of aromatic nitrogens is 4. The van der Waals surface area contributed by atoms with Gasteiger partial charge in [0.1, 0.15) is 17.3 Å². The maximum Gasteiger partial charge on any atom is 0.246 e. The summed E-state index contributed by atoms with van der Waals surface area (Å²) in [5.74, 6) is -1.38. The fourth-order valence-corrected chi connectivity index (χ4v) is 5.98. The molecule has 3 aromatic rings. The number of nitrogens with zero attached hydrogens (tertiary/aromatic N) is 5. The predicted molar refractivity (Wildman–Crippen MR) is 115 cm³/mol. The SMILES string of the molecule is CC1(C)[C@H]2CC[C@]1(c1cncc(C3=NNC(=O)C3)n1)c1nnc(-c3c(F)cccc3F)cc12. The smallest absolute Gasteiger partial charge is 0.246 e. The Balaban J connectivity index is 1.51. The third-order valence-corrected chi connectivity index (χ3v) is 7.61. The number of amides is 1. The highest BCUT2D eigenvalue weighted by molar-refractivity contribution is 6.12. The van der Waals surface area contributed by atoms with Crippen molar-refractivity contribution in [3.63, 3.8) is 0 Å². The van der Waals surface area contributed by atoms with Gasteiger partial charge in [0.15, 0.2) is 0 Å². The van der Waals surface area contributed by atoms with Gasteiger partial charge in [-0.15, -0.1) is 5.10 Å². The molecule has 0 saturated heterocycles. The summed E-state index contributed by atoms with van der Waals surface area (Å²) in [4.78, 5) is 20.9. The summed E-state index contributed by atoms with van der Waals surface area (Å²) in [6.45, 7) is 4.34. The number of benzene rings is 1. The van der Waals surface area contributed by atoms with Crippen LogP contribution in [0.4, 0.5) is 8.78 Å². The Hall–Kier alpha value is -3.62. The van der Waals surface area contributed by atoms with E-state index in [-0.39, 0.29) is 34.9 Å². The van der Waals surface area contributed by atoms with Crippen LogP contribution in [0.1, 0.15) is 61.7 Å². The highest BCUT2D eigenvalue weighted by atomic mass is 19.1. The second-order valence-corrected chi connectivity index (χ2v) is 9.41. The lowest BCUT2D eigenvalue weighted by Crippen LogP contribution is -2.38. The third kappa shape index (κ3) is 2.59. The van der Waals surface area contributed by atoms with E-state index in [1.807, 2.05) is 0 Å². The first-order chi connectivity index (χ1) is 15.8. The number of hydrazone groups is 1. The Morgan fingerprint density at radius 3 is 2.61 bits per heavy atom. The molecule has 1 fully saturated rings. The summed E-state index contributed by atoms with van der Waals surface area (Å²) < 4.78 is 28.8. The molecule has 1 aromatic carbocycles. The number of hydrogen-bond acceptors (Lipinski definition) is 6. The minimum absolute atomic E-state index is 0.133. The molecular formula is C24H20F2N6O. The Kier molecular flexibility index (Phi) is 4.06. The minimum atomic E-state index is -0.666. The average molecular weight is 446 g/mol. The highest BCUT2D eigenvalue weighted by Crippen LogP contribution is 2.69. The van der Waals surface area contributed by atoms with E-state index in [2.05, 4.69) is 39.6 Å². The van der Waals surface area contributed by atoms with Crippen LogP contribution in [0.2, 0.25) is 0 Å². The lowest BCUT2D eigenvalue weighted by Gasteiger charge is -2.37. The van der Waals surface area contributed by atoms with Crippen LogP contribution in [-0.4, -0.2) is 31.8 Å². The van der Waals surface area contributed by atoms with E-state index in [4.69, 9.17) is 4.98 Å². The molecule has 3 aliphatic rings. The van der Waals surface area contributed by atoms with Gasteiger partial charge in [-0.25, -0.2) is 19.2 Å². The first-order valence-electron chi connectivity index (χ1n) is 10.8. The summed E-state index contributed by atoms with van der Waals surface area (Å²) in [6.07, 6.45) is 5.19. The first-order valence-corrected chi connectivity index (χ1v) is 10.8. The maximum absolute atomic E-state index is 14.4. The van der Waals surface area contributed by atoms with Gasteiger partial charge in [0.2, 0.25) is 5.91 Å². The number of nitrogens with one attached hydrogen (secondary N) is 1. The molecule has 0 radical (unpaired) electrons. The van der Waals surface area contributed by atoms with E-state index in [1.165, 1.54) is 18.2 Å². The zero-order valence-electron chi connectivity index (χ0n) is 18.1. The van der Waals surface area contributed by atoms with E-state index < -0.39 is 17.0 Å². The summed E-state index contributed by atoms with van der Waals surface area (Å²) >= 11 is 0. The lowest BCUT2D eigenvalue weighted by molar-refractivity contribution is -0.119. The molecule has 6 rings (SSSR count). The molecule has 33 heavy (non-hydrogen) atoms. The Morgan fingerprint density at radius 1 is 1.09 bits per heavy atom. The Labute approximate surface area is 188 Å². The molecule has 166 valence electrons. The van der Waals surface area contributed by atoms with Gasteiger partial charge in [-0.1, -0.05) is 19.9 Å². The summed E-state index contributed by atoms with van der Waals surface area (Å²) in [5.41, 5.74) is 5.21. The molecule has 0 spiro atoms. The monoisotopic (exact) mass is 446 g/mol. The van der Waals surface area contributed by atoms with E-state index in [0.29, 0.717) is 11.4 Å². The molecule has 1 N–H and O–H groups in total. The van der Waals surface area contributed by atoms with Crippen molar-refractivity contribution < 1.29 is 13.6 Å². The zero-order valence-corrected chi connectivity index (χ0v) is 18.1. The van der Waals surface area contributed by atoms with Gasteiger partial charge in [-0.2, -0.15) is 10.2 Å². The molecule has 7 nitrogen and oxygen atoms in total. The molecule has 1 amide bonds. The molecule has 2 atom stereocenters. The van der Waals surface area contributed by atoms with Crippen molar-refractivity contribution in [3.8, 4) is 11.3 Å².